The van der Waals surface area contributed by atoms with E-state index in [0.29, 0.717) is 32.0 Å². The molecule has 1 aromatic heterocycles. The number of amides is 2. The average Bonchev–Trinajstić information content (AvgIpc) is 3.49. The predicted octanol–water partition coefficient (Wildman–Crippen LogP) is 1.17. The monoisotopic (exact) mass is 527 g/mol. The number of fused-ring (bicyclic) bond motifs is 5. The Morgan fingerprint density at radius 2 is 1.87 bits per heavy atom. The SMILES string of the molecule is CCNC(=NCc1nncn1CC)NCCCN1C(=O)C2C3C=CC(C3)C2C1=O.I. The first-order valence-electron chi connectivity index (χ1n) is 10.6. The van der Waals surface area contributed by atoms with Gasteiger partial charge in [0, 0.05) is 26.2 Å². The van der Waals surface area contributed by atoms with Gasteiger partial charge >= 0.3 is 0 Å². The Morgan fingerprint density at radius 3 is 2.50 bits per heavy atom. The summed E-state index contributed by atoms with van der Waals surface area (Å²) >= 11 is 0. The normalized spacial score (nSPS) is 26.9. The van der Waals surface area contributed by atoms with E-state index in [4.69, 9.17) is 0 Å². The summed E-state index contributed by atoms with van der Waals surface area (Å²) in [5, 5.41) is 14.5. The minimum Gasteiger partial charge on any atom is -0.357 e. The van der Waals surface area contributed by atoms with Crippen LogP contribution in [0.2, 0.25) is 0 Å². The Kier molecular flexibility index (Phi) is 7.48. The number of allylic oxidation sites excluding steroid dienone is 2. The molecule has 30 heavy (non-hydrogen) atoms. The second-order valence-electron chi connectivity index (χ2n) is 7.84. The van der Waals surface area contributed by atoms with Crippen molar-refractivity contribution >= 4 is 41.8 Å². The summed E-state index contributed by atoms with van der Waals surface area (Å²) in [5.41, 5.74) is 0. The highest BCUT2D eigenvalue weighted by atomic mass is 127. The molecule has 4 atom stereocenters. The van der Waals surface area contributed by atoms with Crippen LogP contribution in [0.15, 0.2) is 23.5 Å². The van der Waals surface area contributed by atoms with E-state index in [2.05, 4.69) is 38.0 Å². The zero-order valence-corrected chi connectivity index (χ0v) is 19.8. The molecule has 4 rings (SSSR count). The lowest BCUT2D eigenvalue weighted by molar-refractivity contribution is -0.140. The van der Waals surface area contributed by atoms with Crippen LogP contribution in [0, 0.1) is 23.7 Å². The van der Waals surface area contributed by atoms with Gasteiger partial charge in [-0.1, -0.05) is 12.2 Å². The number of nitrogens with one attached hydrogen (secondary N) is 2. The summed E-state index contributed by atoms with van der Waals surface area (Å²) in [7, 11) is 0. The van der Waals surface area contributed by atoms with E-state index in [-0.39, 0.29) is 59.5 Å². The van der Waals surface area contributed by atoms with Gasteiger partial charge in [0.05, 0.1) is 11.8 Å². The summed E-state index contributed by atoms with van der Waals surface area (Å²) in [4.78, 5) is 31.5. The number of aryl methyl sites for hydroxylation is 1. The van der Waals surface area contributed by atoms with Crippen LogP contribution in [-0.4, -0.2) is 57.1 Å². The van der Waals surface area contributed by atoms with Crippen LogP contribution in [0.1, 0.15) is 32.5 Å². The number of halogens is 1. The van der Waals surface area contributed by atoms with Crippen LogP contribution in [0.4, 0.5) is 0 Å². The van der Waals surface area contributed by atoms with Crippen LogP contribution in [0.5, 0.6) is 0 Å². The van der Waals surface area contributed by atoms with Crippen LogP contribution < -0.4 is 10.6 Å². The van der Waals surface area contributed by atoms with Gasteiger partial charge in [0.25, 0.3) is 0 Å². The minimum atomic E-state index is -0.111. The molecule has 164 valence electrons. The number of hydrogen-bond acceptors (Lipinski definition) is 5. The van der Waals surface area contributed by atoms with Gasteiger partial charge in [0.15, 0.2) is 11.8 Å². The highest BCUT2D eigenvalue weighted by molar-refractivity contribution is 14.0. The van der Waals surface area contributed by atoms with Crippen molar-refractivity contribution in [2.75, 3.05) is 19.6 Å². The molecular formula is C20H30IN7O2. The van der Waals surface area contributed by atoms with Crippen molar-refractivity contribution in [2.24, 2.45) is 28.7 Å². The van der Waals surface area contributed by atoms with E-state index < -0.39 is 0 Å². The maximum atomic E-state index is 12.7. The average molecular weight is 527 g/mol. The number of nitrogens with zero attached hydrogens (tertiary/aromatic N) is 5. The van der Waals surface area contributed by atoms with Crippen molar-refractivity contribution in [1.29, 1.82) is 0 Å². The molecule has 3 aliphatic rings. The maximum Gasteiger partial charge on any atom is 0.233 e. The van der Waals surface area contributed by atoms with Crippen molar-refractivity contribution in [3.8, 4) is 0 Å². The topological polar surface area (TPSA) is 105 Å². The molecule has 2 N–H and O–H groups in total. The highest BCUT2D eigenvalue weighted by Crippen LogP contribution is 2.52. The number of aromatic nitrogens is 3. The molecule has 4 unspecified atom stereocenters. The number of hydrogen-bond donors (Lipinski definition) is 2. The molecule has 1 aromatic rings. The first-order chi connectivity index (χ1) is 14.1. The van der Waals surface area contributed by atoms with Gasteiger partial charge in [-0.15, -0.1) is 34.2 Å². The number of likely N-dealkylation sites (tertiary alicyclic amines) is 1. The quantitative estimate of drug-likeness (QED) is 0.131. The van der Waals surface area contributed by atoms with Crippen molar-refractivity contribution in [2.45, 2.75) is 39.8 Å². The molecule has 0 spiro atoms. The molecule has 10 heteroatoms. The third kappa shape index (κ3) is 4.23. The molecule has 2 aliphatic carbocycles. The smallest absolute Gasteiger partial charge is 0.233 e. The second kappa shape index (κ2) is 9.88. The third-order valence-electron chi connectivity index (χ3n) is 6.17. The molecule has 9 nitrogen and oxygen atoms in total. The molecule has 1 saturated heterocycles. The van der Waals surface area contributed by atoms with E-state index in [0.717, 1.165) is 25.3 Å². The predicted molar refractivity (Wildman–Crippen MR) is 123 cm³/mol. The summed E-state index contributed by atoms with van der Waals surface area (Å²) in [6.07, 6.45) is 7.61. The minimum absolute atomic E-state index is 0. The first-order valence-corrected chi connectivity index (χ1v) is 10.6. The summed E-state index contributed by atoms with van der Waals surface area (Å²) < 4.78 is 1.95. The van der Waals surface area contributed by atoms with Gasteiger partial charge in [-0.25, -0.2) is 4.99 Å². The Hall–Kier alpha value is -1.98. The standard InChI is InChI=1S/C20H29N7O2.HI/c1-3-21-20(23-11-15-25-24-12-26(15)4-2)22-8-5-9-27-18(28)16-13-6-7-14(10-13)17(16)19(27)29;/h6-7,12-14,16-17H,3-5,8-11H2,1-2H3,(H2,21,22,23);1H. The molecule has 2 bridgehead atoms. The molecule has 2 amide bonds. The lowest BCUT2D eigenvalue weighted by Crippen LogP contribution is -2.40. The second-order valence-corrected chi connectivity index (χ2v) is 7.84. The lowest BCUT2D eigenvalue weighted by atomic mass is 9.85. The van der Waals surface area contributed by atoms with Crippen LogP contribution in [-0.2, 0) is 22.7 Å². The lowest BCUT2D eigenvalue weighted by Gasteiger charge is -2.18. The Bertz CT molecular complexity index is 807. The van der Waals surface area contributed by atoms with Gasteiger partial charge < -0.3 is 15.2 Å². The Labute approximate surface area is 193 Å². The first kappa shape index (κ1) is 22.7. The summed E-state index contributed by atoms with van der Waals surface area (Å²) in [6, 6.07) is 0. The fourth-order valence-electron chi connectivity index (χ4n) is 4.79. The van der Waals surface area contributed by atoms with Crippen LogP contribution in [0.3, 0.4) is 0 Å². The van der Waals surface area contributed by atoms with Gasteiger partial charge in [0.2, 0.25) is 11.8 Å². The van der Waals surface area contributed by atoms with Gasteiger partial charge in [-0.05, 0) is 38.5 Å². The van der Waals surface area contributed by atoms with Gasteiger partial charge in [-0.3, -0.25) is 14.5 Å². The van der Waals surface area contributed by atoms with E-state index >= 15 is 0 Å². The number of imide groups is 1. The Balaban J connectivity index is 0.00000256. The largest absolute Gasteiger partial charge is 0.357 e. The van der Waals surface area contributed by atoms with Crippen molar-refractivity contribution in [3.05, 3.63) is 24.3 Å². The van der Waals surface area contributed by atoms with E-state index in [1.807, 2.05) is 18.4 Å². The van der Waals surface area contributed by atoms with Gasteiger partial charge in [0.1, 0.15) is 12.9 Å². The molecule has 0 aromatic carbocycles. The zero-order valence-electron chi connectivity index (χ0n) is 17.5. The fourth-order valence-corrected chi connectivity index (χ4v) is 4.79. The fraction of sp³-hybridized carbons (Fsp3) is 0.650. The van der Waals surface area contributed by atoms with Crippen molar-refractivity contribution in [1.82, 2.24) is 30.3 Å². The van der Waals surface area contributed by atoms with E-state index in [1.54, 1.807) is 6.33 Å². The van der Waals surface area contributed by atoms with Crippen molar-refractivity contribution in [3.63, 3.8) is 0 Å². The zero-order chi connectivity index (χ0) is 20.4. The van der Waals surface area contributed by atoms with E-state index in [1.165, 1.54) is 4.90 Å². The molecule has 2 fully saturated rings. The number of rotatable bonds is 8. The van der Waals surface area contributed by atoms with Crippen LogP contribution >= 0.6 is 24.0 Å². The van der Waals surface area contributed by atoms with E-state index in [9.17, 15) is 9.59 Å². The number of guanidine groups is 1. The van der Waals surface area contributed by atoms with Crippen LogP contribution in [0.25, 0.3) is 0 Å². The highest BCUT2D eigenvalue weighted by Gasteiger charge is 2.58. The number of carbonyl (C=O) groups is 2. The molecule has 0 radical (unpaired) electrons. The number of aliphatic imine (C=N–C) groups is 1. The molecular weight excluding hydrogens is 497 g/mol. The summed E-state index contributed by atoms with van der Waals surface area (Å²) in [5.74, 6) is 1.86. The maximum absolute atomic E-state index is 12.7. The molecule has 1 saturated carbocycles. The summed E-state index contributed by atoms with van der Waals surface area (Å²) in [6.45, 7) is 7.12. The van der Waals surface area contributed by atoms with Crippen molar-refractivity contribution < 1.29 is 9.59 Å². The molecule has 2 heterocycles. The van der Waals surface area contributed by atoms with Gasteiger partial charge in [-0.2, -0.15) is 0 Å². The number of carbonyl (C=O) groups excluding carboxylic acids is 2. The Morgan fingerprint density at radius 1 is 1.17 bits per heavy atom. The third-order valence-corrected chi connectivity index (χ3v) is 6.17. The molecule has 1 aliphatic heterocycles.